The molecule has 1 amide bonds. The Hall–Kier alpha value is -2.70. The van der Waals surface area contributed by atoms with Crippen LogP contribution in [-0.2, 0) is 17.9 Å². The van der Waals surface area contributed by atoms with E-state index in [0.29, 0.717) is 13.0 Å². The second-order valence-electron chi connectivity index (χ2n) is 6.56. The number of benzene rings is 1. The highest BCUT2D eigenvalue weighted by atomic mass is 16.2. The SMILES string of the molecule is Cc1nc2ccccc2n1CCC(=O)N1CCC[C@H]1Cn1ccnn1. The molecule has 0 N–H and O–H groups in total. The van der Waals surface area contributed by atoms with Crippen LogP contribution >= 0.6 is 0 Å². The van der Waals surface area contributed by atoms with Gasteiger partial charge in [-0.2, -0.15) is 0 Å². The topological polar surface area (TPSA) is 68.8 Å². The van der Waals surface area contributed by atoms with Gasteiger partial charge in [0.1, 0.15) is 5.82 Å². The van der Waals surface area contributed by atoms with Gasteiger partial charge in [-0.05, 0) is 31.9 Å². The third-order valence-corrected chi connectivity index (χ3v) is 4.96. The first kappa shape index (κ1) is 15.8. The van der Waals surface area contributed by atoms with E-state index in [9.17, 15) is 4.79 Å². The van der Waals surface area contributed by atoms with Crippen LogP contribution in [0.25, 0.3) is 11.0 Å². The van der Waals surface area contributed by atoms with E-state index >= 15 is 0 Å². The number of hydrogen-bond donors (Lipinski definition) is 0. The lowest BCUT2D eigenvalue weighted by molar-refractivity contribution is -0.132. The molecule has 4 rings (SSSR count). The fourth-order valence-electron chi connectivity index (χ4n) is 3.73. The van der Waals surface area contributed by atoms with E-state index in [4.69, 9.17) is 0 Å². The van der Waals surface area contributed by atoms with E-state index in [-0.39, 0.29) is 11.9 Å². The van der Waals surface area contributed by atoms with E-state index in [2.05, 4.69) is 25.9 Å². The van der Waals surface area contributed by atoms with Crippen molar-refractivity contribution in [1.82, 2.24) is 29.4 Å². The van der Waals surface area contributed by atoms with Crippen molar-refractivity contribution in [2.45, 2.75) is 45.3 Å². The Morgan fingerprint density at radius 1 is 1.32 bits per heavy atom. The Morgan fingerprint density at radius 3 is 3.04 bits per heavy atom. The lowest BCUT2D eigenvalue weighted by atomic mass is 10.2. The lowest BCUT2D eigenvalue weighted by Gasteiger charge is -2.24. The average molecular weight is 338 g/mol. The van der Waals surface area contributed by atoms with Crippen molar-refractivity contribution in [1.29, 1.82) is 0 Å². The summed E-state index contributed by atoms with van der Waals surface area (Å²) in [4.78, 5) is 19.4. The van der Waals surface area contributed by atoms with Gasteiger partial charge in [-0.25, -0.2) is 4.98 Å². The molecular weight excluding hydrogens is 316 g/mol. The Labute approximate surface area is 146 Å². The number of fused-ring (bicyclic) bond motifs is 1. The van der Waals surface area contributed by atoms with Gasteiger partial charge < -0.3 is 9.47 Å². The maximum atomic E-state index is 12.8. The third-order valence-electron chi connectivity index (χ3n) is 4.96. The molecule has 1 aliphatic rings. The number of amides is 1. The molecule has 0 spiro atoms. The summed E-state index contributed by atoms with van der Waals surface area (Å²) in [6.45, 7) is 4.21. The van der Waals surface area contributed by atoms with Crippen molar-refractivity contribution < 1.29 is 4.79 Å². The summed E-state index contributed by atoms with van der Waals surface area (Å²) in [5, 5.41) is 7.86. The van der Waals surface area contributed by atoms with Crippen LogP contribution in [0.4, 0.5) is 0 Å². The molecule has 1 aromatic carbocycles. The molecule has 3 heterocycles. The molecule has 3 aromatic rings. The van der Waals surface area contributed by atoms with Gasteiger partial charge in [-0.15, -0.1) is 5.10 Å². The van der Waals surface area contributed by atoms with E-state index in [0.717, 1.165) is 42.8 Å². The summed E-state index contributed by atoms with van der Waals surface area (Å²) >= 11 is 0. The van der Waals surface area contributed by atoms with Crippen molar-refractivity contribution in [2.75, 3.05) is 6.54 Å². The molecule has 0 radical (unpaired) electrons. The van der Waals surface area contributed by atoms with E-state index < -0.39 is 0 Å². The molecule has 7 heteroatoms. The number of carbonyl (C=O) groups is 1. The largest absolute Gasteiger partial charge is 0.338 e. The van der Waals surface area contributed by atoms with Crippen LogP contribution in [-0.4, -0.2) is 47.9 Å². The zero-order valence-electron chi connectivity index (χ0n) is 14.4. The second-order valence-corrected chi connectivity index (χ2v) is 6.56. The molecule has 130 valence electrons. The monoisotopic (exact) mass is 338 g/mol. The summed E-state index contributed by atoms with van der Waals surface area (Å²) < 4.78 is 3.94. The van der Waals surface area contributed by atoms with Gasteiger partial charge in [0.05, 0.1) is 29.8 Å². The average Bonchev–Trinajstić information content (AvgIpc) is 3.33. The van der Waals surface area contributed by atoms with Crippen LogP contribution in [0.3, 0.4) is 0 Å². The van der Waals surface area contributed by atoms with E-state index in [1.54, 1.807) is 6.20 Å². The Morgan fingerprint density at radius 2 is 2.20 bits per heavy atom. The van der Waals surface area contributed by atoms with Crippen LogP contribution in [0.5, 0.6) is 0 Å². The molecule has 0 unspecified atom stereocenters. The number of aromatic nitrogens is 5. The number of rotatable bonds is 5. The normalized spacial score (nSPS) is 17.5. The van der Waals surface area contributed by atoms with E-state index in [1.165, 1.54) is 0 Å². The van der Waals surface area contributed by atoms with Crippen LogP contribution < -0.4 is 0 Å². The number of carbonyl (C=O) groups excluding carboxylic acids is 1. The Kier molecular flexibility index (Phi) is 4.21. The summed E-state index contributed by atoms with van der Waals surface area (Å²) in [7, 11) is 0. The highest BCUT2D eigenvalue weighted by molar-refractivity contribution is 5.78. The quantitative estimate of drug-likeness (QED) is 0.714. The summed E-state index contributed by atoms with van der Waals surface area (Å²) in [5.41, 5.74) is 2.08. The standard InChI is InChI=1S/C18H22N6O/c1-14-20-16-6-2-3-7-17(16)23(14)11-8-18(25)24-10-4-5-15(24)13-22-12-9-19-21-22/h2-3,6-7,9,12,15H,4-5,8,10-11,13H2,1H3/t15-/m0/s1. The van der Waals surface area contributed by atoms with Crippen molar-refractivity contribution in [3.8, 4) is 0 Å². The summed E-state index contributed by atoms with van der Waals surface area (Å²) in [5.74, 6) is 1.16. The number of hydrogen-bond acceptors (Lipinski definition) is 4. The number of likely N-dealkylation sites (tertiary alicyclic amines) is 1. The summed E-state index contributed by atoms with van der Waals surface area (Å²) in [6, 6.07) is 8.28. The number of aryl methyl sites for hydroxylation is 2. The smallest absolute Gasteiger partial charge is 0.224 e. The van der Waals surface area contributed by atoms with Gasteiger partial charge in [-0.1, -0.05) is 17.3 Å². The van der Waals surface area contributed by atoms with Crippen molar-refractivity contribution in [2.24, 2.45) is 0 Å². The van der Waals surface area contributed by atoms with E-state index in [1.807, 2.05) is 40.9 Å². The first-order chi connectivity index (χ1) is 12.2. The van der Waals surface area contributed by atoms with Crippen LogP contribution in [0.1, 0.15) is 25.1 Å². The highest BCUT2D eigenvalue weighted by Crippen LogP contribution is 2.21. The maximum Gasteiger partial charge on any atom is 0.224 e. The van der Waals surface area contributed by atoms with Crippen molar-refractivity contribution in [3.63, 3.8) is 0 Å². The molecule has 0 bridgehead atoms. The van der Waals surface area contributed by atoms with Crippen LogP contribution in [0.2, 0.25) is 0 Å². The first-order valence-electron chi connectivity index (χ1n) is 8.78. The lowest BCUT2D eigenvalue weighted by Crippen LogP contribution is -2.38. The molecule has 0 saturated carbocycles. The molecule has 2 aromatic heterocycles. The molecule has 1 atom stereocenters. The Balaban J connectivity index is 1.43. The molecule has 7 nitrogen and oxygen atoms in total. The van der Waals surface area contributed by atoms with Gasteiger partial charge in [0, 0.05) is 25.7 Å². The predicted octanol–water partition coefficient (Wildman–Crippen LogP) is 2.02. The van der Waals surface area contributed by atoms with Gasteiger partial charge in [0.2, 0.25) is 5.91 Å². The first-order valence-corrected chi connectivity index (χ1v) is 8.78. The van der Waals surface area contributed by atoms with Gasteiger partial charge in [0.25, 0.3) is 0 Å². The minimum absolute atomic E-state index is 0.208. The molecule has 0 aliphatic carbocycles. The van der Waals surface area contributed by atoms with Gasteiger partial charge in [0.15, 0.2) is 0 Å². The summed E-state index contributed by atoms with van der Waals surface area (Å²) in [6.07, 6.45) is 6.10. The predicted molar refractivity (Wildman–Crippen MR) is 93.8 cm³/mol. The zero-order chi connectivity index (χ0) is 17.2. The number of imidazole rings is 1. The molecule has 25 heavy (non-hydrogen) atoms. The number of nitrogens with zero attached hydrogens (tertiary/aromatic N) is 6. The molecule has 1 fully saturated rings. The van der Waals surface area contributed by atoms with Crippen molar-refractivity contribution in [3.05, 3.63) is 42.5 Å². The minimum Gasteiger partial charge on any atom is -0.338 e. The van der Waals surface area contributed by atoms with Gasteiger partial charge >= 0.3 is 0 Å². The van der Waals surface area contributed by atoms with Crippen LogP contribution in [0.15, 0.2) is 36.7 Å². The zero-order valence-corrected chi connectivity index (χ0v) is 14.4. The fourth-order valence-corrected chi connectivity index (χ4v) is 3.73. The van der Waals surface area contributed by atoms with Crippen molar-refractivity contribution >= 4 is 16.9 Å². The molecular formula is C18H22N6O. The maximum absolute atomic E-state index is 12.8. The Bertz CT molecular complexity index is 869. The molecule has 1 aliphatic heterocycles. The molecule has 1 saturated heterocycles. The van der Waals surface area contributed by atoms with Gasteiger partial charge in [-0.3, -0.25) is 9.48 Å². The van der Waals surface area contributed by atoms with Crippen LogP contribution in [0, 0.1) is 6.92 Å². The fraction of sp³-hybridized carbons (Fsp3) is 0.444. The number of para-hydroxylation sites is 2. The second kappa shape index (κ2) is 6.66. The third kappa shape index (κ3) is 3.14. The highest BCUT2D eigenvalue weighted by Gasteiger charge is 2.29. The minimum atomic E-state index is 0.208.